The molecule has 0 aromatic heterocycles. The van der Waals surface area contributed by atoms with Gasteiger partial charge in [-0.2, -0.15) is 0 Å². The summed E-state index contributed by atoms with van der Waals surface area (Å²) in [6.07, 6.45) is -2.72. The second-order valence-electron chi connectivity index (χ2n) is 18.2. The van der Waals surface area contributed by atoms with Gasteiger partial charge in [0.25, 0.3) is 0 Å². The standard InChI is InChI=1S/C42H82N2O10/c1-19-25(5)23-43-29(9)37(45)42(14,47)32(20-2)52-38(46)28(8)35(53-33-22-41(13,49-18)40(11,12)30(10)51-33)27(7)34(24(3)4)54-39-36(48-17)31(44(15)16)21-26(6)50-39/h24-37,39,43,45,47H,19-23H2,1-18H3/t25?,26?,27?,28?,29?,30?,31?,32-,33?,34?,35?,36?,37?,39?,41?,42?/m1/s1. The molecule has 0 saturated carbocycles. The van der Waals surface area contributed by atoms with E-state index in [2.05, 4.69) is 58.7 Å². The number of methoxy groups -OCH3 is 2. The van der Waals surface area contributed by atoms with E-state index in [0.29, 0.717) is 25.3 Å². The first-order valence-corrected chi connectivity index (χ1v) is 20.6. The molecule has 2 aliphatic heterocycles. The Morgan fingerprint density at radius 3 is 2.09 bits per heavy atom. The molecule has 2 rings (SSSR count). The number of rotatable bonds is 21. The van der Waals surface area contributed by atoms with Crippen LogP contribution in [0, 0.1) is 29.1 Å². The molecule has 12 heteroatoms. The van der Waals surface area contributed by atoms with Crippen molar-refractivity contribution in [1.29, 1.82) is 0 Å². The van der Waals surface area contributed by atoms with Crippen LogP contribution in [0.5, 0.6) is 0 Å². The molecule has 0 spiro atoms. The normalized spacial score (nSPS) is 33.3. The van der Waals surface area contributed by atoms with Gasteiger partial charge in [-0.25, -0.2) is 0 Å². The zero-order valence-corrected chi connectivity index (χ0v) is 37.3. The van der Waals surface area contributed by atoms with Crippen LogP contribution >= 0.6 is 0 Å². The highest BCUT2D eigenvalue weighted by Crippen LogP contribution is 2.47. The van der Waals surface area contributed by atoms with Gasteiger partial charge in [-0.3, -0.25) is 4.79 Å². The fourth-order valence-corrected chi connectivity index (χ4v) is 8.22. The van der Waals surface area contributed by atoms with Crippen molar-refractivity contribution in [2.24, 2.45) is 29.1 Å². The number of nitrogens with zero attached hydrogens (tertiary/aromatic N) is 1. The highest BCUT2D eigenvalue weighted by molar-refractivity contribution is 5.73. The summed E-state index contributed by atoms with van der Waals surface area (Å²) < 4.78 is 45.0. The molecule has 2 saturated heterocycles. The first-order chi connectivity index (χ1) is 24.9. The Morgan fingerprint density at radius 1 is 0.981 bits per heavy atom. The quantitative estimate of drug-likeness (QED) is 0.122. The van der Waals surface area contributed by atoms with Gasteiger partial charge in [0.1, 0.15) is 23.9 Å². The van der Waals surface area contributed by atoms with Gasteiger partial charge < -0.3 is 53.6 Å². The minimum atomic E-state index is -1.72. The van der Waals surface area contributed by atoms with E-state index >= 15 is 0 Å². The lowest BCUT2D eigenvalue weighted by atomic mass is 9.68. The summed E-state index contributed by atoms with van der Waals surface area (Å²) in [7, 11) is 7.47. The van der Waals surface area contributed by atoms with Crippen LogP contribution in [0.25, 0.3) is 0 Å². The molecule has 16 atom stereocenters. The van der Waals surface area contributed by atoms with Crippen LogP contribution < -0.4 is 5.32 Å². The third kappa shape index (κ3) is 11.6. The van der Waals surface area contributed by atoms with Crippen LogP contribution in [-0.2, 0) is 38.0 Å². The average Bonchev–Trinajstić information content (AvgIpc) is 3.11. The second kappa shape index (κ2) is 20.7. The Morgan fingerprint density at radius 2 is 1.59 bits per heavy atom. The van der Waals surface area contributed by atoms with Crippen molar-refractivity contribution in [3.05, 3.63) is 0 Å². The Kier molecular flexibility index (Phi) is 18.8. The minimum absolute atomic E-state index is 0.00326. The first-order valence-electron chi connectivity index (χ1n) is 20.6. The lowest BCUT2D eigenvalue weighted by Crippen LogP contribution is -2.60. The van der Waals surface area contributed by atoms with Gasteiger partial charge in [-0.1, -0.05) is 61.8 Å². The van der Waals surface area contributed by atoms with Crippen LogP contribution in [-0.4, -0.2) is 135 Å². The second-order valence-corrected chi connectivity index (χ2v) is 18.2. The molecule has 12 nitrogen and oxygen atoms in total. The van der Waals surface area contributed by atoms with Gasteiger partial charge in [0.2, 0.25) is 0 Å². The van der Waals surface area contributed by atoms with Crippen molar-refractivity contribution < 1.29 is 48.2 Å². The summed E-state index contributed by atoms with van der Waals surface area (Å²) in [5, 5.41) is 26.4. The number of hydrogen-bond acceptors (Lipinski definition) is 12. The van der Waals surface area contributed by atoms with E-state index in [1.807, 2.05) is 48.7 Å². The van der Waals surface area contributed by atoms with Crippen molar-refractivity contribution in [1.82, 2.24) is 10.2 Å². The molecular weight excluding hydrogens is 692 g/mol. The highest BCUT2D eigenvalue weighted by atomic mass is 16.7. The number of nitrogens with one attached hydrogen (secondary N) is 1. The molecule has 0 aromatic rings. The molecule has 0 amide bonds. The van der Waals surface area contributed by atoms with Crippen LogP contribution in [0.2, 0.25) is 0 Å². The van der Waals surface area contributed by atoms with Crippen molar-refractivity contribution in [2.45, 2.75) is 201 Å². The molecule has 0 radical (unpaired) electrons. The van der Waals surface area contributed by atoms with Crippen LogP contribution in [0.4, 0.5) is 0 Å². The zero-order chi connectivity index (χ0) is 41.5. The van der Waals surface area contributed by atoms with Crippen molar-refractivity contribution >= 4 is 5.97 Å². The van der Waals surface area contributed by atoms with Crippen molar-refractivity contribution in [3.8, 4) is 0 Å². The Hall–Kier alpha value is -0.930. The number of aliphatic hydroxyl groups excluding tert-OH is 1. The third-order valence-electron chi connectivity index (χ3n) is 13.3. The number of carbonyl (C=O) groups excluding carboxylic acids is 1. The fourth-order valence-electron chi connectivity index (χ4n) is 8.22. The molecule has 2 aliphatic rings. The van der Waals surface area contributed by atoms with E-state index in [1.54, 1.807) is 21.1 Å². The maximum Gasteiger partial charge on any atom is 0.311 e. The van der Waals surface area contributed by atoms with E-state index < -0.39 is 66.1 Å². The van der Waals surface area contributed by atoms with Gasteiger partial charge >= 0.3 is 5.97 Å². The summed E-state index contributed by atoms with van der Waals surface area (Å²) in [5.41, 5.74) is -2.61. The van der Waals surface area contributed by atoms with Crippen LogP contribution in [0.15, 0.2) is 0 Å². The van der Waals surface area contributed by atoms with E-state index in [9.17, 15) is 15.0 Å². The van der Waals surface area contributed by atoms with E-state index in [-0.39, 0.29) is 41.6 Å². The number of esters is 1. The minimum Gasteiger partial charge on any atom is -0.459 e. The first kappa shape index (κ1) is 49.2. The number of carbonyl (C=O) groups is 1. The average molecular weight is 775 g/mol. The zero-order valence-electron chi connectivity index (χ0n) is 37.3. The number of hydrogen-bond donors (Lipinski definition) is 3. The Bertz CT molecular complexity index is 1120. The van der Waals surface area contributed by atoms with Crippen LogP contribution in [0.3, 0.4) is 0 Å². The van der Waals surface area contributed by atoms with Gasteiger partial charge in [-0.15, -0.1) is 0 Å². The summed E-state index contributed by atoms with van der Waals surface area (Å²) in [6, 6.07) is -0.348. The number of ether oxygens (including phenoxy) is 7. The molecule has 320 valence electrons. The topological polar surface area (TPSA) is 137 Å². The maximum atomic E-state index is 14.3. The maximum absolute atomic E-state index is 14.3. The summed E-state index contributed by atoms with van der Waals surface area (Å²) in [6.45, 7) is 28.5. The lowest BCUT2D eigenvalue weighted by molar-refractivity contribution is -0.315. The molecule has 54 heavy (non-hydrogen) atoms. The fraction of sp³-hybridized carbons (Fsp3) is 0.976. The monoisotopic (exact) mass is 775 g/mol. The van der Waals surface area contributed by atoms with Gasteiger partial charge in [-0.05, 0) is 86.9 Å². The number of aliphatic hydroxyl groups is 2. The van der Waals surface area contributed by atoms with Gasteiger partial charge in [0, 0.05) is 44.1 Å². The van der Waals surface area contributed by atoms with Crippen LogP contribution in [0.1, 0.15) is 123 Å². The molecule has 0 aromatic carbocycles. The molecule has 0 bridgehead atoms. The summed E-state index contributed by atoms with van der Waals surface area (Å²) in [5.74, 6) is -1.30. The SMILES string of the molecule is CCC(C)CNC(C)C(O)C(C)(O)[C@@H](CC)OC(=O)C(C)C(OC1CC(C)(OC)C(C)(C)C(C)O1)C(C)C(OC1OC(C)CC(N(C)C)C1OC)C(C)C. The molecule has 15 unspecified atom stereocenters. The van der Waals surface area contributed by atoms with Gasteiger partial charge in [0.15, 0.2) is 12.6 Å². The third-order valence-corrected chi connectivity index (χ3v) is 13.3. The predicted octanol–water partition coefficient (Wildman–Crippen LogP) is 5.79. The summed E-state index contributed by atoms with van der Waals surface area (Å²) in [4.78, 5) is 16.5. The van der Waals surface area contributed by atoms with Gasteiger partial charge in [0.05, 0.1) is 35.9 Å². The molecule has 0 aliphatic carbocycles. The van der Waals surface area contributed by atoms with E-state index in [4.69, 9.17) is 33.2 Å². The van der Waals surface area contributed by atoms with Crippen molar-refractivity contribution in [3.63, 3.8) is 0 Å². The molecule has 2 heterocycles. The largest absolute Gasteiger partial charge is 0.459 e. The smallest absolute Gasteiger partial charge is 0.311 e. The van der Waals surface area contributed by atoms with E-state index in [0.717, 1.165) is 12.8 Å². The molecule has 2 fully saturated rings. The highest BCUT2D eigenvalue weighted by Gasteiger charge is 2.54. The lowest BCUT2D eigenvalue weighted by Gasteiger charge is -2.53. The molecular formula is C42H82N2O10. The van der Waals surface area contributed by atoms with Crippen molar-refractivity contribution in [2.75, 3.05) is 34.9 Å². The molecule has 3 N–H and O–H groups in total. The Labute approximate surface area is 329 Å². The summed E-state index contributed by atoms with van der Waals surface area (Å²) >= 11 is 0. The predicted molar refractivity (Wildman–Crippen MR) is 212 cm³/mol. The number of likely N-dealkylation sites (N-methyl/N-ethyl adjacent to an activating group) is 1. The Balaban J connectivity index is 2.50. The van der Waals surface area contributed by atoms with E-state index in [1.165, 1.54) is 6.92 Å².